The number of amides is 1. The molecule has 2 rings (SSSR count). The molecule has 0 spiro atoms. The number of benzene rings is 1. The summed E-state index contributed by atoms with van der Waals surface area (Å²) >= 11 is 0. The lowest BCUT2D eigenvalue weighted by Gasteiger charge is -2.24. The van der Waals surface area contributed by atoms with Crippen LogP contribution in [0.25, 0.3) is 0 Å². The number of hydrogen-bond acceptors (Lipinski definition) is 5. The van der Waals surface area contributed by atoms with Gasteiger partial charge in [-0.2, -0.15) is 5.10 Å². The third-order valence-electron chi connectivity index (χ3n) is 5.71. The van der Waals surface area contributed by atoms with Crippen LogP contribution in [0.2, 0.25) is 0 Å². The lowest BCUT2D eigenvalue weighted by molar-refractivity contribution is -0.140. The van der Waals surface area contributed by atoms with E-state index in [1.165, 1.54) is 0 Å². The van der Waals surface area contributed by atoms with E-state index in [4.69, 9.17) is 5.11 Å². The number of nitrogens with zero attached hydrogens (tertiary/aromatic N) is 2. The van der Waals surface area contributed by atoms with E-state index in [-0.39, 0.29) is 11.8 Å². The zero-order valence-electron chi connectivity index (χ0n) is 20.9. The molecule has 0 saturated carbocycles. The molecule has 1 amide bonds. The predicted molar refractivity (Wildman–Crippen MR) is 130 cm³/mol. The summed E-state index contributed by atoms with van der Waals surface area (Å²) in [5, 5.41) is 15.6. The Hall–Kier alpha value is -3.36. The van der Waals surface area contributed by atoms with Crippen molar-refractivity contribution in [2.75, 3.05) is 6.67 Å². The molecule has 2 unspecified atom stereocenters. The molecule has 9 heteroatoms. The second kappa shape index (κ2) is 11.9. The highest BCUT2D eigenvalue weighted by Crippen LogP contribution is 2.27. The Morgan fingerprint density at radius 1 is 1.17 bits per heavy atom. The third-order valence-corrected chi connectivity index (χ3v) is 5.71. The number of carboxylic acids is 1. The van der Waals surface area contributed by atoms with Crippen LogP contribution in [0.4, 0.5) is 4.39 Å². The first kappa shape index (κ1) is 27.9. The molecule has 35 heavy (non-hydrogen) atoms. The molecular formula is C26H34FN3O5. The van der Waals surface area contributed by atoms with Crippen molar-refractivity contribution < 1.29 is 23.9 Å². The van der Waals surface area contributed by atoms with Gasteiger partial charge in [-0.15, -0.1) is 0 Å². The molecule has 1 heterocycles. The summed E-state index contributed by atoms with van der Waals surface area (Å²) in [6.07, 6.45) is 0.337. The molecule has 8 nitrogen and oxygen atoms in total. The fraction of sp³-hybridized carbons (Fsp3) is 0.500. The quantitative estimate of drug-likeness (QED) is 0.502. The van der Waals surface area contributed by atoms with E-state index in [2.05, 4.69) is 31.2 Å². The van der Waals surface area contributed by atoms with Gasteiger partial charge >= 0.3 is 5.97 Å². The number of Topliss-reactive ketones (excluding diaryl/α,β-unsaturated/α-hetero) is 1. The predicted octanol–water partition coefficient (Wildman–Crippen LogP) is 3.28. The van der Waals surface area contributed by atoms with Gasteiger partial charge in [0.05, 0.1) is 12.1 Å². The number of carboxylic acid groups (broad SMARTS) is 1. The van der Waals surface area contributed by atoms with Crippen LogP contribution in [0, 0.1) is 6.92 Å². The van der Waals surface area contributed by atoms with Crippen LogP contribution in [-0.4, -0.2) is 45.3 Å². The second-order valence-corrected chi connectivity index (χ2v) is 9.71. The van der Waals surface area contributed by atoms with Gasteiger partial charge in [0.15, 0.2) is 5.78 Å². The minimum Gasteiger partial charge on any atom is -0.481 e. The first-order valence-electron chi connectivity index (χ1n) is 11.7. The SMILES string of the molecule is CCCC(C(=O)NC(CC(=O)O)C(=O)CF)n1nc(C)cc(Cc2ccccc2C(C)(C)C)c1=O. The zero-order valence-corrected chi connectivity index (χ0v) is 20.9. The second-order valence-electron chi connectivity index (χ2n) is 9.71. The summed E-state index contributed by atoms with van der Waals surface area (Å²) in [7, 11) is 0. The lowest BCUT2D eigenvalue weighted by Crippen LogP contribution is -2.48. The number of alkyl halides is 1. The maximum absolute atomic E-state index is 13.5. The Balaban J connectivity index is 2.48. The maximum Gasteiger partial charge on any atom is 0.305 e. The summed E-state index contributed by atoms with van der Waals surface area (Å²) in [5.74, 6) is -3.14. The van der Waals surface area contributed by atoms with Crippen LogP contribution >= 0.6 is 0 Å². The van der Waals surface area contributed by atoms with Gasteiger partial charge < -0.3 is 10.4 Å². The van der Waals surface area contributed by atoms with Crippen LogP contribution in [0.15, 0.2) is 35.1 Å². The molecule has 0 saturated heterocycles. The number of ketones is 1. The summed E-state index contributed by atoms with van der Waals surface area (Å²) in [5.41, 5.74) is 2.50. The van der Waals surface area contributed by atoms with E-state index in [9.17, 15) is 23.6 Å². The smallest absolute Gasteiger partial charge is 0.305 e. The monoisotopic (exact) mass is 487 g/mol. The molecular weight excluding hydrogens is 453 g/mol. The number of aliphatic carboxylic acids is 1. The molecule has 2 N–H and O–H groups in total. The molecule has 0 fully saturated rings. The number of halogens is 1. The van der Waals surface area contributed by atoms with Crippen LogP contribution in [0.3, 0.4) is 0 Å². The highest BCUT2D eigenvalue weighted by Gasteiger charge is 2.29. The van der Waals surface area contributed by atoms with Crippen molar-refractivity contribution in [3.63, 3.8) is 0 Å². The number of carbonyl (C=O) groups excluding carboxylic acids is 2. The van der Waals surface area contributed by atoms with Crippen molar-refractivity contribution in [3.05, 3.63) is 63.1 Å². The molecule has 0 aliphatic heterocycles. The maximum atomic E-state index is 13.5. The van der Waals surface area contributed by atoms with Gasteiger partial charge in [-0.25, -0.2) is 9.07 Å². The average Bonchev–Trinajstić information content (AvgIpc) is 2.78. The summed E-state index contributed by atoms with van der Waals surface area (Å²) in [4.78, 5) is 49.5. The summed E-state index contributed by atoms with van der Waals surface area (Å²) < 4.78 is 14.0. The molecule has 0 aliphatic carbocycles. The van der Waals surface area contributed by atoms with Gasteiger partial charge in [0.1, 0.15) is 18.8 Å². The Morgan fingerprint density at radius 2 is 1.83 bits per heavy atom. The van der Waals surface area contributed by atoms with Gasteiger partial charge in [0.25, 0.3) is 5.56 Å². The van der Waals surface area contributed by atoms with Crippen molar-refractivity contribution in [2.45, 2.75) is 77.8 Å². The van der Waals surface area contributed by atoms with Gasteiger partial charge in [-0.1, -0.05) is 58.4 Å². The van der Waals surface area contributed by atoms with Gasteiger partial charge in [-0.05, 0) is 36.0 Å². The molecule has 190 valence electrons. The largest absolute Gasteiger partial charge is 0.481 e. The highest BCUT2D eigenvalue weighted by atomic mass is 19.1. The van der Waals surface area contributed by atoms with Gasteiger partial charge in [0.2, 0.25) is 5.91 Å². The van der Waals surface area contributed by atoms with E-state index < -0.39 is 48.4 Å². The molecule has 1 aromatic carbocycles. The van der Waals surface area contributed by atoms with Crippen molar-refractivity contribution in [1.82, 2.24) is 15.1 Å². The van der Waals surface area contributed by atoms with Crippen LogP contribution in [0.1, 0.15) is 75.4 Å². The highest BCUT2D eigenvalue weighted by molar-refractivity contribution is 5.93. The van der Waals surface area contributed by atoms with E-state index >= 15 is 0 Å². The zero-order chi connectivity index (χ0) is 26.3. The minimum atomic E-state index is -1.52. The number of aryl methyl sites for hydroxylation is 1. The number of rotatable bonds is 11. The van der Waals surface area contributed by atoms with Crippen LogP contribution in [0.5, 0.6) is 0 Å². The number of carbonyl (C=O) groups is 3. The normalized spacial score (nSPS) is 13.2. The van der Waals surface area contributed by atoms with Crippen molar-refractivity contribution in [1.29, 1.82) is 0 Å². The summed E-state index contributed by atoms with van der Waals surface area (Å²) in [6, 6.07) is 6.95. The Kier molecular flexibility index (Phi) is 9.45. The molecule has 2 atom stereocenters. The molecule has 1 aromatic heterocycles. The Bertz CT molecular complexity index is 1140. The Labute approximate surface area is 204 Å². The average molecular weight is 488 g/mol. The lowest BCUT2D eigenvalue weighted by atomic mass is 9.82. The van der Waals surface area contributed by atoms with Crippen molar-refractivity contribution in [2.24, 2.45) is 0 Å². The standard InChI is InChI=1S/C26H34FN3O5/c1-6-9-21(24(34)28-20(14-23(32)33)22(31)15-27)30-25(35)18(12-16(2)29-30)13-17-10-7-8-11-19(17)26(3,4)5/h7-8,10-12,20-21H,6,9,13-15H2,1-5H3,(H,28,34)(H,32,33). The molecule has 0 radical (unpaired) electrons. The van der Waals surface area contributed by atoms with Crippen molar-refractivity contribution >= 4 is 17.7 Å². The number of nitrogens with one attached hydrogen (secondary N) is 1. The van der Waals surface area contributed by atoms with E-state index in [0.29, 0.717) is 24.1 Å². The topological polar surface area (TPSA) is 118 Å². The first-order valence-corrected chi connectivity index (χ1v) is 11.7. The van der Waals surface area contributed by atoms with Crippen LogP contribution < -0.4 is 10.9 Å². The van der Waals surface area contributed by atoms with E-state index in [0.717, 1.165) is 15.8 Å². The van der Waals surface area contributed by atoms with E-state index in [1.54, 1.807) is 13.0 Å². The van der Waals surface area contributed by atoms with E-state index in [1.807, 2.05) is 31.2 Å². The number of hydrogen-bond donors (Lipinski definition) is 2. The minimum absolute atomic E-state index is 0.134. The fourth-order valence-corrected chi connectivity index (χ4v) is 4.07. The van der Waals surface area contributed by atoms with Gasteiger partial charge in [0, 0.05) is 12.0 Å². The fourth-order valence-electron chi connectivity index (χ4n) is 4.07. The van der Waals surface area contributed by atoms with Crippen LogP contribution in [-0.2, 0) is 26.2 Å². The molecule has 0 bridgehead atoms. The first-order chi connectivity index (χ1) is 16.4. The number of aromatic nitrogens is 2. The third kappa shape index (κ3) is 7.31. The molecule has 0 aliphatic rings. The van der Waals surface area contributed by atoms with Gasteiger partial charge in [-0.3, -0.25) is 19.2 Å². The summed E-state index contributed by atoms with van der Waals surface area (Å²) in [6.45, 7) is 8.41. The molecule has 2 aromatic rings. The van der Waals surface area contributed by atoms with Crippen molar-refractivity contribution in [3.8, 4) is 0 Å². The Morgan fingerprint density at radius 3 is 2.40 bits per heavy atom.